The average molecular weight is 339 g/mol. The van der Waals surface area contributed by atoms with Crippen LogP contribution in [0.3, 0.4) is 0 Å². The standard InChI is InChI=1S/C14H15BrN2OS/c1-9-13(19-10(2)16-9)14(18)17-12(8-15)11-6-4-3-5-7-11/h3-7,12H,8H2,1-2H3,(H,17,18). The zero-order valence-corrected chi connectivity index (χ0v) is 13.2. The minimum absolute atomic E-state index is 0.0319. The summed E-state index contributed by atoms with van der Waals surface area (Å²) in [6, 6.07) is 9.90. The molecule has 0 radical (unpaired) electrons. The number of carbonyl (C=O) groups is 1. The van der Waals surface area contributed by atoms with Gasteiger partial charge < -0.3 is 5.32 Å². The highest BCUT2D eigenvalue weighted by atomic mass is 79.9. The van der Waals surface area contributed by atoms with Crippen LogP contribution < -0.4 is 5.32 Å². The van der Waals surface area contributed by atoms with Crippen LogP contribution in [0.25, 0.3) is 0 Å². The lowest BCUT2D eigenvalue weighted by Crippen LogP contribution is -2.29. The maximum absolute atomic E-state index is 12.3. The van der Waals surface area contributed by atoms with Crippen LogP contribution in [0.1, 0.15) is 32.0 Å². The first-order valence-electron chi connectivity index (χ1n) is 5.97. The topological polar surface area (TPSA) is 42.0 Å². The number of aryl methyl sites for hydroxylation is 2. The SMILES string of the molecule is Cc1nc(C)c(C(=O)NC(CBr)c2ccccc2)s1. The molecule has 1 atom stereocenters. The van der Waals surface area contributed by atoms with Crippen molar-refractivity contribution in [2.75, 3.05) is 5.33 Å². The van der Waals surface area contributed by atoms with Gasteiger partial charge in [-0.25, -0.2) is 4.98 Å². The van der Waals surface area contributed by atoms with Crippen LogP contribution in [-0.4, -0.2) is 16.2 Å². The third kappa shape index (κ3) is 3.42. The summed E-state index contributed by atoms with van der Waals surface area (Å²) in [5.41, 5.74) is 1.88. The highest BCUT2D eigenvalue weighted by Crippen LogP contribution is 2.20. The van der Waals surface area contributed by atoms with Crippen molar-refractivity contribution in [1.82, 2.24) is 10.3 Å². The Labute approximate surface area is 125 Å². The van der Waals surface area contributed by atoms with E-state index in [1.165, 1.54) is 11.3 Å². The van der Waals surface area contributed by atoms with Crippen molar-refractivity contribution in [2.24, 2.45) is 0 Å². The molecule has 1 N–H and O–H groups in total. The molecule has 0 aliphatic carbocycles. The summed E-state index contributed by atoms with van der Waals surface area (Å²) in [5, 5.41) is 4.63. The van der Waals surface area contributed by atoms with E-state index in [4.69, 9.17) is 0 Å². The van der Waals surface area contributed by atoms with Crippen LogP contribution in [0.2, 0.25) is 0 Å². The summed E-state index contributed by atoms with van der Waals surface area (Å²) < 4.78 is 0. The smallest absolute Gasteiger partial charge is 0.263 e. The number of alkyl halides is 1. The van der Waals surface area contributed by atoms with Gasteiger partial charge in [0, 0.05) is 5.33 Å². The third-order valence-electron chi connectivity index (χ3n) is 2.77. The number of nitrogens with zero attached hydrogens (tertiary/aromatic N) is 1. The molecule has 3 nitrogen and oxygen atoms in total. The molecule has 0 aliphatic heterocycles. The zero-order chi connectivity index (χ0) is 13.8. The molecule has 19 heavy (non-hydrogen) atoms. The van der Waals surface area contributed by atoms with Gasteiger partial charge in [-0.3, -0.25) is 4.79 Å². The highest BCUT2D eigenvalue weighted by molar-refractivity contribution is 9.09. The van der Waals surface area contributed by atoms with E-state index in [0.717, 1.165) is 16.3 Å². The van der Waals surface area contributed by atoms with Crippen molar-refractivity contribution >= 4 is 33.2 Å². The van der Waals surface area contributed by atoms with Crippen LogP contribution in [0.4, 0.5) is 0 Å². The van der Waals surface area contributed by atoms with E-state index in [-0.39, 0.29) is 11.9 Å². The first-order chi connectivity index (χ1) is 9.11. The van der Waals surface area contributed by atoms with Crippen molar-refractivity contribution in [1.29, 1.82) is 0 Å². The molecule has 0 saturated carbocycles. The maximum Gasteiger partial charge on any atom is 0.263 e. The minimum Gasteiger partial charge on any atom is -0.344 e. The van der Waals surface area contributed by atoms with E-state index >= 15 is 0 Å². The summed E-state index contributed by atoms with van der Waals surface area (Å²) in [5.74, 6) is -0.0589. The van der Waals surface area contributed by atoms with Gasteiger partial charge in [-0.1, -0.05) is 46.3 Å². The molecular formula is C14H15BrN2OS. The molecule has 1 aromatic heterocycles. The molecule has 1 amide bonds. The largest absolute Gasteiger partial charge is 0.344 e. The molecule has 5 heteroatoms. The van der Waals surface area contributed by atoms with E-state index in [2.05, 4.69) is 26.2 Å². The van der Waals surface area contributed by atoms with Crippen LogP contribution in [0, 0.1) is 13.8 Å². The Morgan fingerprint density at radius 3 is 2.58 bits per heavy atom. The predicted octanol–water partition coefficient (Wildman–Crippen LogP) is 3.63. The van der Waals surface area contributed by atoms with Gasteiger partial charge in [-0.2, -0.15) is 0 Å². The van der Waals surface area contributed by atoms with Crippen molar-refractivity contribution < 1.29 is 4.79 Å². The maximum atomic E-state index is 12.3. The second-order valence-electron chi connectivity index (χ2n) is 4.24. The number of carbonyl (C=O) groups excluding carboxylic acids is 1. The Kier molecular flexibility index (Phi) is 4.71. The molecule has 0 fully saturated rings. The van der Waals surface area contributed by atoms with Crippen molar-refractivity contribution in [3.63, 3.8) is 0 Å². The Hall–Kier alpha value is -1.20. The highest BCUT2D eigenvalue weighted by Gasteiger charge is 2.18. The van der Waals surface area contributed by atoms with Gasteiger partial charge in [-0.15, -0.1) is 11.3 Å². The molecule has 1 unspecified atom stereocenters. The molecule has 2 aromatic rings. The van der Waals surface area contributed by atoms with Crippen molar-refractivity contribution in [3.05, 3.63) is 51.5 Å². The number of thiazole rings is 1. The van der Waals surface area contributed by atoms with Gasteiger partial charge in [0.25, 0.3) is 5.91 Å². The van der Waals surface area contributed by atoms with Crippen molar-refractivity contribution in [3.8, 4) is 0 Å². The molecule has 0 aliphatic rings. The first-order valence-corrected chi connectivity index (χ1v) is 7.91. The second kappa shape index (κ2) is 6.30. The van der Waals surface area contributed by atoms with Gasteiger partial charge in [-0.05, 0) is 19.4 Å². The summed E-state index contributed by atoms with van der Waals surface area (Å²) in [6.07, 6.45) is 0. The Morgan fingerprint density at radius 1 is 1.37 bits per heavy atom. The molecule has 1 heterocycles. The van der Waals surface area contributed by atoms with Crippen LogP contribution >= 0.6 is 27.3 Å². The number of hydrogen-bond donors (Lipinski definition) is 1. The Bertz CT molecular complexity index is 568. The van der Waals surface area contributed by atoms with E-state index in [1.807, 2.05) is 44.2 Å². The Morgan fingerprint density at radius 2 is 2.05 bits per heavy atom. The molecule has 2 rings (SSSR count). The number of halogens is 1. The first kappa shape index (κ1) is 14.2. The molecule has 0 bridgehead atoms. The predicted molar refractivity (Wildman–Crippen MR) is 82.0 cm³/mol. The lowest BCUT2D eigenvalue weighted by molar-refractivity contribution is 0.0944. The van der Waals surface area contributed by atoms with Gasteiger partial charge >= 0.3 is 0 Å². The minimum atomic E-state index is -0.0589. The number of amides is 1. The number of aromatic nitrogens is 1. The molecular weight excluding hydrogens is 324 g/mol. The average Bonchev–Trinajstić information content (AvgIpc) is 2.76. The van der Waals surface area contributed by atoms with Gasteiger partial charge in [0.2, 0.25) is 0 Å². The molecule has 1 aromatic carbocycles. The number of rotatable bonds is 4. The van der Waals surface area contributed by atoms with Crippen LogP contribution in [0.15, 0.2) is 30.3 Å². The fourth-order valence-electron chi connectivity index (χ4n) is 1.86. The van der Waals surface area contributed by atoms with E-state index < -0.39 is 0 Å². The summed E-state index contributed by atoms with van der Waals surface area (Å²) >= 11 is 4.88. The van der Waals surface area contributed by atoms with Gasteiger partial charge in [0.05, 0.1) is 16.7 Å². The lowest BCUT2D eigenvalue weighted by Gasteiger charge is -2.16. The quantitative estimate of drug-likeness (QED) is 0.865. The Balaban J connectivity index is 2.15. The van der Waals surface area contributed by atoms with Crippen LogP contribution in [0.5, 0.6) is 0 Å². The molecule has 0 saturated heterocycles. The van der Waals surface area contributed by atoms with Gasteiger partial charge in [0.1, 0.15) is 4.88 Å². The van der Waals surface area contributed by atoms with E-state index in [0.29, 0.717) is 10.2 Å². The number of hydrogen-bond acceptors (Lipinski definition) is 3. The van der Waals surface area contributed by atoms with Crippen molar-refractivity contribution in [2.45, 2.75) is 19.9 Å². The summed E-state index contributed by atoms with van der Waals surface area (Å²) in [7, 11) is 0. The normalized spacial score (nSPS) is 12.2. The fourth-order valence-corrected chi connectivity index (χ4v) is 3.22. The van der Waals surface area contributed by atoms with Crippen LogP contribution in [-0.2, 0) is 0 Å². The molecule has 0 spiro atoms. The van der Waals surface area contributed by atoms with E-state index in [9.17, 15) is 4.79 Å². The molecule has 100 valence electrons. The number of nitrogens with one attached hydrogen (secondary N) is 1. The second-order valence-corrected chi connectivity index (χ2v) is 6.09. The number of benzene rings is 1. The van der Waals surface area contributed by atoms with Gasteiger partial charge in [0.15, 0.2) is 0 Å². The van der Waals surface area contributed by atoms with E-state index in [1.54, 1.807) is 0 Å². The monoisotopic (exact) mass is 338 g/mol. The summed E-state index contributed by atoms with van der Waals surface area (Å²) in [6.45, 7) is 3.78. The third-order valence-corrected chi connectivity index (χ3v) is 4.49. The fraction of sp³-hybridized carbons (Fsp3) is 0.286. The zero-order valence-electron chi connectivity index (χ0n) is 10.8. The lowest BCUT2D eigenvalue weighted by atomic mass is 10.1. The summed E-state index contributed by atoms with van der Waals surface area (Å²) in [4.78, 5) is 17.2.